The van der Waals surface area contributed by atoms with Crippen LogP contribution in [0.2, 0.25) is 0 Å². The summed E-state index contributed by atoms with van der Waals surface area (Å²) in [6.45, 7) is -0.186. The average molecular weight is 356 g/mol. The summed E-state index contributed by atoms with van der Waals surface area (Å²) in [4.78, 5) is 11.0. The molecule has 0 aliphatic carbocycles. The van der Waals surface area contributed by atoms with E-state index in [9.17, 15) is 18.3 Å². The second-order valence-corrected chi connectivity index (χ2v) is 8.46. The van der Waals surface area contributed by atoms with Crippen molar-refractivity contribution >= 4 is 43.3 Å². The predicted octanol–water partition coefficient (Wildman–Crippen LogP) is 0.719. The molecule has 2 rings (SSSR count). The van der Waals surface area contributed by atoms with Crippen molar-refractivity contribution in [3.8, 4) is 0 Å². The molecule has 1 fully saturated rings. The van der Waals surface area contributed by atoms with Gasteiger partial charge in [0, 0.05) is 13.0 Å². The van der Waals surface area contributed by atoms with E-state index in [0.717, 1.165) is 15.6 Å². The first-order valence-corrected chi connectivity index (χ1v) is 8.05. The summed E-state index contributed by atoms with van der Waals surface area (Å²) in [5.41, 5.74) is 0. The Kier molecular flexibility index (Phi) is 3.79. The third kappa shape index (κ3) is 2.45. The van der Waals surface area contributed by atoms with E-state index in [1.54, 1.807) is 6.07 Å². The minimum atomic E-state index is -3.86. The number of halogens is 1. The molecular weight excluding hydrogens is 346 g/mol. The Morgan fingerprint density at radius 1 is 1.50 bits per heavy atom. The number of nitrogens with zero attached hydrogens (tertiary/aromatic N) is 1. The molecule has 9 heteroatoms. The lowest BCUT2D eigenvalue weighted by atomic mass is 10.2. The maximum atomic E-state index is 12.2. The van der Waals surface area contributed by atoms with Gasteiger partial charge in [0.15, 0.2) is 0 Å². The number of thiophene rings is 1. The molecule has 0 bridgehead atoms. The summed E-state index contributed by atoms with van der Waals surface area (Å²) in [7, 11) is -3.86. The Bertz CT molecular complexity index is 569. The van der Waals surface area contributed by atoms with Gasteiger partial charge < -0.3 is 10.2 Å². The van der Waals surface area contributed by atoms with Gasteiger partial charge in [-0.15, -0.1) is 11.3 Å². The maximum absolute atomic E-state index is 12.2. The first-order valence-electron chi connectivity index (χ1n) is 5.00. The van der Waals surface area contributed by atoms with Crippen LogP contribution in [0.3, 0.4) is 0 Å². The zero-order valence-corrected chi connectivity index (χ0v) is 12.2. The van der Waals surface area contributed by atoms with Crippen molar-refractivity contribution in [3.05, 3.63) is 15.9 Å². The third-order valence-corrected chi connectivity index (χ3v) is 6.60. The highest BCUT2D eigenvalue weighted by Crippen LogP contribution is 2.32. The Balaban J connectivity index is 2.38. The Morgan fingerprint density at radius 3 is 2.67 bits per heavy atom. The second-order valence-electron chi connectivity index (χ2n) is 3.88. The summed E-state index contributed by atoms with van der Waals surface area (Å²) < 4.78 is 26.1. The second kappa shape index (κ2) is 4.89. The highest BCUT2D eigenvalue weighted by atomic mass is 79.9. The van der Waals surface area contributed by atoms with Crippen molar-refractivity contribution in [2.45, 2.75) is 22.8 Å². The topological polar surface area (TPSA) is 94.9 Å². The minimum Gasteiger partial charge on any atom is -0.480 e. The molecule has 2 N–H and O–H groups in total. The first-order chi connectivity index (χ1) is 8.32. The fourth-order valence-electron chi connectivity index (χ4n) is 1.83. The third-order valence-electron chi connectivity index (χ3n) is 2.63. The van der Waals surface area contributed by atoms with Crippen LogP contribution < -0.4 is 0 Å². The largest absolute Gasteiger partial charge is 0.480 e. The molecule has 1 aliphatic heterocycles. The average Bonchev–Trinajstić information content (AvgIpc) is 2.84. The van der Waals surface area contributed by atoms with Crippen molar-refractivity contribution in [1.29, 1.82) is 0 Å². The van der Waals surface area contributed by atoms with Crippen LogP contribution in [0.15, 0.2) is 20.1 Å². The molecule has 1 saturated heterocycles. The standard InChI is InChI=1S/C9H10BrNO5S2/c10-7-1-2-8(17-7)18(15,16)11-4-5(12)3-6(11)9(13)14/h1-2,5-6,12H,3-4H2,(H,13,14)/t5-,6-/m0/s1. The van der Waals surface area contributed by atoms with Crippen molar-refractivity contribution in [3.63, 3.8) is 0 Å². The first kappa shape index (κ1) is 13.9. The maximum Gasteiger partial charge on any atom is 0.322 e. The van der Waals surface area contributed by atoms with Crippen LogP contribution in [0.5, 0.6) is 0 Å². The summed E-state index contributed by atoms with van der Waals surface area (Å²) in [5.74, 6) is -1.24. The van der Waals surface area contributed by atoms with Crippen LogP contribution >= 0.6 is 27.3 Å². The van der Waals surface area contributed by atoms with E-state index in [1.807, 2.05) is 0 Å². The summed E-state index contributed by atoms with van der Waals surface area (Å²) in [6, 6.07) is 1.79. The Labute approximate surface area is 116 Å². The molecule has 0 spiro atoms. The van der Waals surface area contributed by atoms with Gasteiger partial charge in [-0.05, 0) is 28.1 Å². The van der Waals surface area contributed by atoms with Crippen LogP contribution in [-0.2, 0) is 14.8 Å². The highest BCUT2D eigenvalue weighted by Gasteiger charge is 2.43. The van der Waals surface area contributed by atoms with Gasteiger partial charge >= 0.3 is 5.97 Å². The number of aliphatic hydroxyl groups excluding tert-OH is 1. The number of hydrogen-bond acceptors (Lipinski definition) is 5. The number of carbonyl (C=O) groups is 1. The summed E-state index contributed by atoms with van der Waals surface area (Å²) >= 11 is 4.17. The zero-order chi connectivity index (χ0) is 13.5. The zero-order valence-electron chi connectivity index (χ0n) is 8.98. The smallest absolute Gasteiger partial charge is 0.322 e. The van der Waals surface area contributed by atoms with Gasteiger partial charge in [-0.25, -0.2) is 8.42 Å². The number of aliphatic hydroxyl groups is 1. The van der Waals surface area contributed by atoms with E-state index in [0.29, 0.717) is 3.79 Å². The van der Waals surface area contributed by atoms with E-state index in [1.165, 1.54) is 6.07 Å². The van der Waals surface area contributed by atoms with Crippen molar-refractivity contribution < 1.29 is 23.4 Å². The number of hydrogen-bond donors (Lipinski definition) is 2. The molecule has 0 aromatic carbocycles. The molecule has 2 atom stereocenters. The fourth-order valence-corrected chi connectivity index (χ4v) is 5.60. The van der Waals surface area contributed by atoms with Gasteiger partial charge in [-0.3, -0.25) is 4.79 Å². The van der Waals surface area contributed by atoms with Crippen molar-refractivity contribution in [2.75, 3.05) is 6.54 Å². The Morgan fingerprint density at radius 2 is 2.17 bits per heavy atom. The molecule has 0 unspecified atom stereocenters. The van der Waals surface area contributed by atoms with Gasteiger partial charge in [0.25, 0.3) is 10.0 Å². The number of β-amino-alcohol motifs (C(OH)–C–C–N with tert-alkyl or cyclic N) is 1. The monoisotopic (exact) mass is 355 g/mol. The molecule has 0 amide bonds. The van der Waals surface area contributed by atoms with Gasteiger partial charge in [0.2, 0.25) is 0 Å². The van der Waals surface area contributed by atoms with Crippen molar-refractivity contribution in [2.24, 2.45) is 0 Å². The van der Waals surface area contributed by atoms with Crippen LogP contribution in [0.4, 0.5) is 0 Å². The van der Waals surface area contributed by atoms with Crippen LogP contribution in [0.1, 0.15) is 6.42 Å². The molecule has 100 valence electrons. The lowest BCUT2D eigenvalue weighted by Crippen LogP contribution is -2.40. The molecular formula is C9H10BrNO5S2. The summed E-state index contributed by atoms with van der Waals surface area (Å²) in [5, 5.41) is 18.5. The van der Waals surface area contributed by atoms with Crippen molar-refractivity contribution in [1.82, 2.24) is 4.31 Å². The highest BCUT2D eigenvalue weighted by molar-refractivity contribution is 9.11. The number of aliphatic carboxylic acids is 1. The van der Waals surface area contributed by atoms with E-state index >= 15 is 0 Å². The van der Waals surface area contributed by atoms with E-state index in [-0.39, 0.29) is 17.2 Å². The van der Waals surface area contributed by atoms with Crippen LogP contribution in [0, 0.1) is 0 Å². The number of rotatable bonds is 3. The van der Waals surface area contributed by atoms with Gasteiger partial charge in [-0.1, -0.05) is 0 Å². The molecule has 0 saturated carbocycles. The lowest BCUT2D eigenvalue weighted by molar-refractivity contribution is -0.140. The van der Waals surface area contributed by atoms with Crippen LogP contribution in [-0.4, -0.2) is 47.6 Å². The van der Waals surface area contributed by atoms with E-state index in [4.69, 9.17) is 5.11 Å². The Hall–Kier alpha value is -0.480. The minimum absolute atomic E-state index is 0.0646. The molecule has 1 aromatic heterocycles. The molecule has 2 heterocycles. The molecule has 0 radical (unpaired) electrons. The number of carboxylic acid groups (broad SMARTS) is 1. The number of carboxylic acids is 1. The van der Waals surface area contributed by atoms with Gasteiger partial charge in [-0.2, -0.15) is 4.31 Å². The summed E-state index contributed by atoms with van der Waals surface area (Å²) in [6.07, 6.45) is -1.02. The molecule has 1 aromatic rings. The molecule has 1 aliphatic rings. The molecule has 18 heavy (non-hydrogen) atoms. The normalized spacial score (nSPS) is 25.4. The van der Waals surface area contributed by atoms with Gasteiger partial charge in [0.1, 0.15) is 10.3 Å². The van der Waals surface area contributed by atoms with Gasteiger partial charge in [0.05, 0.1) is 9.89 Å². The SMILES string of the molecule is O=C(O)[C@@H]1C[C@H](O)CN1S(=O)(=O)c1ccc(Br)s1. The fraction of sp³-hybridized carbons (Fsp3) is 0.444. The predicted molar refractivity (Wildman–Crippen MR) is 68.0 cm³/mol. The molecule has 6 nitrogen and oxygen atoms in total. The van der Waals surface area contributed by atoms with E-state index in [2.05, 4.69) is 15.9 Å². The van der Waals surface area contributed by atoms with E-state index < -0.39 is 28.1 Å². The number of sulfonamides is 1. The van der Waals surface area contributed by atoms with Crippen LogP contribution in [0.25, 0.3) is 0 Å². The quantitative estimate of drug-likeness (QED) is 0.832. The lowest BCUT2D eigenvalue weighted by Gasteiger charge is -2.19.